The Morgan fingerprint density at radius 2 is 1.83 bits per heavy atom. The van der Waals surface area contributed by atoms with Gasteiger partial charge in [-0.15, -0.1) is 0 Å². The van der Waals surface area contributed by atoms with Crippen molar-refractivity contribution in [3.8, 4) is 5.75 Å². The van der Waals surface area contributed by atoms with Gasteiger partial charge in [-0.1, -0.05) is 60.6 Å². The first-order valence-electron chi connectivity index (χ1n) is 9.15. The van der Waals surface area contributed by atoms with Crippen molar-refractivity contribution in [2.45, 2.75) is 84.8 Å². The van der Waals surface area contributed by atoms with Gasteiger partial charge in [0.25, 0.3) is 0 Å². The third-order valence-electron chi connectivity index (χ3n) is 4.63. The van der Waals surface area contributed by atoms with E-state index in [9.17, 15) is 0 Å². The van der Waals surface area contributed by atoms with Gasteiger partial charge in [-0.05, 0) is 47.3 Å². The highest BCUT2D eigenvalue weighted by Crippen LogP contribution is 2.38. The van der Waals surface area contributed by atoms with E-state index in [2.05, 4.69) is 66.7 Å². The van der Waals surface area contributed by atoms with Gasteiger partial charge >= 0.3 is 0 Å². The summed E-state index contributed by atoms with van der Waals surface area (Å²) >= 11 is 0. The second-order valence-electron chi connectivity index (χ2n) is 8.47. The minimum atomic E-state index is 0.0874. The normalized spacial score (nSPS) is 22.3. The molecule has 2 heteroatoms. The minimum absolute atomic E-state index is 0.0874. The molecular weight excluding hydrogens is 284 g/mol. The van der Waals surface area contributed by atoms with E-state index >= 15 is 0 Å². The molecule has 0 amide bonds. The van der Waals surface area contributed by atoms with Crippen LogP contribution >= 0.6 is 0 Å². The van der Waals surface area contributed by atoms with E-state index in [4.69, 9.17) is 9.47 Å². The molecule has 23 heavy (non-hydrogen) atoms. The molecule has 1 aromatic carbocycles. The number of rotatable bonds is 7. The predicted octanol–water partition coefficient (Wildman–Crippen LogP) is 5.69. The molecule has 3 atom stereocenters. The topological polar surface area (TPSA) is 21.8 Å². The molecule has 2 nitrogen and oxygen atoms in total. The van der Waals surface area contributed by atoms with Crippen molar-refractivity contribution in [2.75, 3.05) is 6.61 Å². The summed E-state index contributed by atoms with van der Waals surface area (Å²) in [5, 5.41) is 0. The van der Waals surface area contributed by atoms with Gasteiger partial charge in [0.05, 0.1) is 18.8 Å². The van der Waals surface area contributed by atoms with E-state index in [0.29, 0.717) is 24.0 Å². The van der Waals surface area contributed by atoms with Gasteiger partial charge < -0.3 is 9.47 Å². The van der Waals surface area contributed by atoms with Crippen LogP contribution in [-0.2, 0) is 10.2 Å². The maximum Gasteiger partial charge on any atom is 0.123 e. The van der Waals surface area contributed by atoms with Crippen LogP contribution < -0.4 is 4.74 Å². The Labute approximate surface area is 142 Å². The molecule has 1 fully saturated rings. The van der Waals surface area contributed by atoms with Gasteiger partial charge in [0, 0.05) is 0 Å². The van der Waals surface area contributed by atoms with E-state index in [1.54, 1.807) is 0 Å². The van der Waals surface area contributed by atoms with Crippen LogP contribution in [-0.4, -0.2) is 18.8 Å². The second kappa shape index (κ2) is 7.25. The molecule has 0 aliphatic carbocycles. The summed E-state index contributed by atoms with van der Waals surface area (Å²) in [5.41, 5.74) is 2.80. The molecule has 0 N–H and O–H groups in total. The van der Waals surface area contributed by atoms with E-state index in [1.807, 2.05) is 0 Å². The van der Waals surface area contributed by atoms with Crippen LogP contribution in [0.25, 0.3) is 0 Å². The Balaban J connectivity index is 2.15. The third-order valence-corrected chi connectivity index (χ3v) is 4.63. The zero-order valence-electron chi connectivity index (χ0n) is 16.0. The number of hydrogen-bond acceptors (Lipinski definition) is 2. The Hall–Kier alpha value is -1.02. The highest BCUT2D eigenvalue weighted by molar-refractivity contribution is 5.42. The standard InChI is InChI=1S/C21H34O2/c1-8-18-20(23-18)11-15(4)16-9-10-19(22-13-14(2)3)17(12-16)21(5,6)7/h9-10,12,14-15,18,20H,8,11,13H2,1-7H3. The number of benzene rings is 1. The smallest absolute Gasteiger partial charge is 0.123 e. The van der Waals surface area contributed by atoms with Crippen molar-refractivity contribution in [1.82, 2.24) is 0 Å². The van der Waals surface area contributed by atoms with E-state index in [-0.39, 0.29) is 5.41 Å². The SMILES string of the molecule is CCC1OC1CC(C)c1ccc(OCC(C)C)c(C(C)(C)C)c1. The van der Waals surface area contributed by atoms with E-state index < -0.39 is 0 Å². The Kier molecular flexibility index (Phi) is 5.78. The number of ether oxygens (including phenoxy) is 2. The summed E-state index contributed by atoms with van der Waals surface area (Å²) < 4.78 is 11.8. The quantitative estimate of drug-likeness (QED) is 0.602. The Morgan fingerprint density at radius 3 is 2.35 bits per heavy atom. The summed E-state index contributed by atoms with van der Waals surface area (Å²) in [6.07, 6.45) is 3.21. The molecule has 0 bridgehead atoms. The Morgan fingerprint density at radius 1 is 1.13 bits per heavy atom. The van der Waals surface area contributed by atoms with Gasteiger partial charge in [-0.2, -0.15) is 0 Å². The summed E-state index contributed by atoms with van der Waals surface area (Å²) in [6, 6.07) is 6.75. The molecule has 1 aliphatic rings. The number of hydrogen-bond donors (Lipinski definition) is 0. The molecule has 2 rings (SSSR count). The van der Waals surface area contributed by atoms with Crippen LogP contribution in [0.2, 0.25) is 0 Å². The second-order valence-corrected chi connectivity index (χ2v) is 8.47. The molecule has 1 aromatic rings. The largest absolute Gasteiger partial charge is 0.493 e. The first-order chi connectivity index (χ1) is 10.7. The van der Waals surface area contributed by atoms with Crippen LogP contribution in [0.15, 0.2) is 18.2 Å². The molecule has 1 aliphatic heterocycles. The van der Waals surface area contributed by atoms with Gasteiger partial charge in [0.15, 0.2) is 0 Å². The van der Waals surface area contributed by atoms with Gasteiger partial charge in [-0.25, -0.2) is 0 Å². The van der Waals surface area contributed by atoms with Crippen LogP contribution in [0.5, 0.6) is 5.75 Å². The Bertz CT molecular complexity index is 513. The van der Waals surface area contributed by atoms with Crippen molar-refractivity contribution >= 4 is 0 Å². The van der Waals surface area contributed by atoms with Crippen LogP contribution in [0.3, 0.4) is 0 Å². The molecule has 1 saturated heterocycles. The summed E-state index contributed by atoms with van der Waals surface area (Å²) in [5.74, 6) is 2.10. The monoisotopic (exact) mass is 318 g/mol. The van der Waals surface area contributed by atoms with Crippen molar-refractivity contribution in [2.24, 2.45) is 5.92 Å². The maximum atomic E-state index is 6.06. The third kappa shape index (κ3) is 4.97. The van der Waals surface area contributed by atoms with E-state index in [1.165, 1.54) is 11.1 Å². The van der Waals surface area contributed by atoms with Crippen LogP contribution in [0.4, 0.5) is 0 Å². The van der Waals surface area contributed by atoms with Crippen molar-refractivity contribution in [1.29, 1.82) is 0 Å². The van der Waals surface area contributed by atoms with Crippen LogP contribution in [0, 0.1) is 5.92 Å². The first-order valence-corrected chi connectivity index (χ1v) is 9.15. The average Bonchev–Trinajstić information content (AvgIpc) is 3.22. The number of epoxide rings is 1. The maximum absolute atomic E-state index is 6.06. The lowest BCUT2D eigenvalue weighted by Crippen LogP contribution is -2.16. The zero-order chi connectivity index (χ0) is 17.2. The lowest BCUT2D eigenvalue weighted by Gasteiger charge is -2.25. The molecule has 1 heterocycles. The average molecular weight is 319 g/mol. The summed E-state index contributed by atoms with van der Waals surface area (Å²) in [6.45, 7) is 16.4. The van der Waals surface area contributed by atoms with Gasteiger partial charge in [-0.3, -0.25) is 0 Å². The molecule has 130 valence electrons. The lowest BCUT2D eigenvalue weighted by molar-refractivity contribution is 0.264. The fourth-order valence-electron chi connectivity index (χ4n) is 3.05. The zero-order valence-corrected chi connectivity index (χ0v) is 16.0. The summed E-state index contributed by atoms with van der Waals surface area (Å²) in [7, 11) is 0. The molecule has 0 aromatic heterocycles. The lowest BCUT2D eigenvalue weighted by atomic mass is 9.83. The fourth-order valence-corrected chi connectivity index (χ4v) is 3.05. The highest BCUT2D eigenvalue weighted by atomic mass is 16.6. The molecule has 0 saturated carbocycles. The van der Waals surface area contributed by atoms with Crippen molar-refractivity contribution < 1.29 is 9.47 Å². The highest BCUT2D eigenvalue weighted by Gasteiger charge is 2.38. The van der Waals surface area contributed by atoms with Crippen molar-refractivity contribution in [3.63, 3.8) is 0 Å². The van der Waals surface area contributed by atoms with Crippen LogP contribution in [0.1, 0.15) is 78.4 Å². The fraction of sp³-hybridized carbons (Fsp3) is 0.714. The van der Waals surface area contributed by atoms with Crippen molar-refractivity contribution in [3.05, 3.63) is 29.3 Å². The first kappa shape index (κ1) is 18.3. The summed E-state index contributed by atoms with van der Waals surface area (Å²) in [4.78, 5) is 0. The predicted molar refractivity (Wildman–Crippen MR) is 97.5 cm³/mol. The minimum Gasteiger partial charge on any atom is -0.493 e. The van der Waals surface area contributed by atoms with E-state index in [0.717, 1.165) is 25.2 Å². The molecule has 3 unspecified atom stereocenters. The molecule has 0 radical (unpaired) electrons. The van der Waals surface area contributed by atoms with Gasteiger partial charge in [0.2, 0.25) is 0 Å². The molecular formula is C21H34O2. The van der Waals surface area contributed by atoms with Gasteiger partial charge in [0.1, 0.15) is 5.75 Å². The molecule has 0 spiro atoms.